The first-order valence-corrected chi connectivity index (χ1v) is 9.58. The summed E-state index contributed by atoms with van der Waals surface area (Å²) in [6.07, 6.45) is 6.93. The molecule has 0 atom stereocenters. The summed E-state index contributed by atoms with van der Waals surface area (Å²) in [5.41, 5.74) is -0.383. The number of fused-ring (bicyclic) bond motifs is 1. The van der Waals surface area contributed by atoms with Crippen LogP contribution in [0.15, 0.2) is 29.1 Å². The molecule has 0 unspecified atom stereocenters. The van der Waals surface area contributed by atoms with E-state index in [1.165, 1.54) is 23.8 Å². The number of aromatic hydroxyl groups is 1. The lowest BCUT2D eigenvalue weighted by atomic mass is 10.1. The number of benzene rings is 1. The highest BCUT2D eigenvalue weighted by Crippen LogP contribution is 2.25. The number of rotatable bonds is 10. The number of nitrogens with one attached hydrogen (secondary N) is 1. The van der Waals surface area contributed by atoms with Crippen LogP contribution in [0.1, 0.15) is 62.2 Å². The van der Waals surface area contributed by atoms with Gasteiger partial charge in [0.05, 0.1) is 12.1 Å². The molecule has 0 bridgehead atoms. The number of Topliss-reactive ketones (excluding diaryl/α,β-unsaturated/α-hetero) is 1. The van der Waals surface area contributed by atoms with Gasteiger partial charge in [-0.05, 0) is 18.6 Å². The molecule has 1 amide bonds. The van der Waals surface area contributed by atoms with Crippen LogP contribution in [-0.2, 0) is 11.8 Å². The van der Waals surface area contributed by atoms with Crippen molar-refractivity contribution in [2.24, 2.45) is 7.05 Å². The molecule has 146 valence electrons. The Kier molecular flexibility index (Phi) is 7.58. The largest absolute Gasteiger partial charge is 0.506 e. The molecule has 6 heteroatoms. The summed E-state index contributed by atoms with van der Waals surface area (Å²) in [5, 5.41) is 13.3. The Morgan fingerprint density at radius 3 is 2.48 bits per heavy atom. The third-order valence-corrected chi connectivity index (χ3v) is 4.76. The van der Waals surface area contributed by atoms with Crippen molar-refractivity contribution in [1.29, 1.82) is 0 Å². The predicted molar refractivity (Wildman–Crippen MR) is 106 cm³/mol. The molecule has 6 nitrogen and oxygen atoms in total. The average Bonchev–Trinajstić information content (AvgIpc) is 2.67. The zero-order valence-corrected chi connectivity index (χ0v) is 16.1. The van der Waals surface area contributed by atoms with E-state index in [0.717, 1.165) is 19.3 Å². The summed E-state index contributed by atoms with van der Waals surface area (Å²) < 4.78 is 1.32. The molecule has 0 saturated carbocycles. The van der Waals surface area contributed by atoms with Gasteiger partial charge in [0.2, 0.25) is 0 Å². The van der Waals surface area contributed by atoms with Gasteiger partial charge in [-0.25, -0.2) is 0 Å². The summed E-state index contributed by atoms with van der Waals surface area (Å²) in [5.74, 6) is -1.15. The molecule has 1 heterocycles. The van der Waals surface area contributed by atoms with E-state index in [4.69, 9.17) is 0 Å². The Balaban J connectivity index is 1.97. The van der Waals surface area contributed by atoms with Crippen molar-refractivity contribution in [3.63, 3.8) is 0 Å². The minimum Gasteiger partial charge on any atom is -0.506 e. The van der Waals surface area contributed by atoms with E-state index in [9.17, 15) is 19.5 Å². The molecule has 27 heavy (non-hydrogen) atoms. The number of pyridine rings is 1. The van der Waals surface area contributed by atoms with Gasteiger partial charge in [0.1, 0.15) is 11.3 Å². The second-order valence-electron chi connectivity index (χ2n) is 6.84. The first kappa shape index (κ1) is 20.7. The Morgan fingerprint density at radius 2 is 1.74 bits per heavy atom. The average molecular weight is 372 g/mol. The van der Waals surface area contributed by atoms with Crippen molar-refractivity contribution in [2.45, 2.75) is 51.9 Å². The van der Waals surface area contributed by atoms with Crippen molar-refractivity contribution in [2.75, 3.05) is 6.54 Å². The van der Waals surface area contributed by atoms with Gasteiger partial charge in [-0.15, -0.1) is 0 Å². The fourth-order valence-electron chi connectivity index (χ4n) is 3.14. The highest BCUT2D eigenvalue weighted by atomic mass is 16.3. The third-order valence-electron chi connectivity index (χ3n) is 4.76. The van der Waals surface area contributed by atoms with Gasteiger partial charge in [0.15, 0.2) is 5.78 Å². The molecular formula is C21H28N2O4. The van der Waals surface area contributed by atoms with Gasteiger partial charge in [0, 0.05) is 18.9 Å². The maximum Gasteiger partial charge on any atom is 0.267 e. The molecule has 0 spiro atoms. The number of hydrogen-bond donors (Lipinski definition) is 2. The quantitative estimate of drug-likeness (QED) is 0.626. The Labute approximate surface area is 159 Å². The van der Waals surface area contributed by atoms with E-state index in [-0.39, 0.29) is 23.6 Å². The molecule has 0 radical (unpaired) electrons. The van der Waals surface area contributed by atoms with Crippen LogP contribution in [0, 0.1) is 0 Å². The number of unbranched alkanes of at least 4 members (excludes halogenated alkanes) is 5. The summed E-state index contributed by atoms with van der Waals surface area (Å²) in [6, 6.07) is 6.81. The number of nitrogens with zero attached hydrogens (tertiary/aromatic N) is 1. The minimum absolute atomic E-state index is 0.0732. The number of para-hydroxylation sites is 1. The molecule has 1 aromatic carbocycles. The SMILES string of the molecule is CCCCCCCCC(=O)CNC(=O)c1c(O)c2ccccc2n(C)c1=O. The molecule has 2 aromatic rings. The van der Waals surface area contributed by atoms with Crippen LogP contribution in [0.25, 0.3) is 10.9 Å². The molecule has 0 fully saturated rings. The van der Waals surface area contributed by atoms with Crippen LogP contribution in [0.3, 0.4) is 0 Å². The molecule has 0 aliphatic carbocycles. The van der Waals surface area contributed by atoms with E-state index in [0.29, 0.717) is 17.3 Å². The molecule has 1 aromatic heterocycles. The van der Waals surface area contributed by atoms with Gasteiger partial charge in [0.25, 0.3) is 11.5 Å². The Morgan fingerprint density at radius 1 is 1.07 bits per heavy atom. The Hall–Kier alpha value is -2.63. The van der Waals surface area contributed by atoms with E-state index in [1.807, 2.05) is 0 Å². The van der Waals surface area contributed by atoms with E-state index in [1.54, 1.807) is 31.3 Å². The highest BCUT2D eigenvalue weighted by Gasteiger charge is 2.21. The zero-order valence-electron chi connectivity index (χ0n) is 16.1. The first-order valence-electron chi connectivity index (χ1n) is 9.58. The minimum atomic E-state index is -0.727. The van der Waals surface area contributed by atoms with Gasteiger partial charge >= 0.3 is 0 Å². The summed E-state index contributed by atoms with van der Waals surface area (Å²) in [4.78, 5) is 36.8. The van der Waals surface area contributed by atoms with Crippen LogP contribution in [0.2, 0.25) is 0 Å². The summed E-state index contributed by atoms with van der Waals surface area (Å²) in [7, 11) is 1.55. The topological polar surface area (TPSA) is 88.4 Å². The summed E-state index contributed by atoms with van der Waals surface area (Å²) in [6.45, 7) is 2.02. The number of ketones is 1. The maximum atomic E-state index is 12.4. The van der Waals surface area contributed by atoms with Crippen molar-refractivity contribution in [3.05, 3.63) is 40.2 Å². The second kappa shape index (κ2) is 9.90. The standard InChI is InChI=1S/C21H28N2O4/c1-3-4-5-6-7-8-11-15(24)14-22-20(26)18-19(25)16-12-9-10-13-17(16)23(2)21(18)27/h9-10,12-13,25H,3-8,11,14H2,1-2H3,(H,22,26). The first-order chi connectivity index (χ1) is 13.0. The monoisotopic (exact) mass is 372 g/mol. The number of hydrogen-bond acceptors (Lipinski definition) is 4. The smallest absolute Gasteiger partial charge is 0.267 e. The van der Waals surface area contributed by atoms with Gasteiger partial charge in [-0.2, -0.15) is 0 Å². The third kappa shape index (κ3) is 5.18. The normalized spacial score (nSPS) is 10.9. The van der Waals surface area contributed by atoms with Gasteiger partial charge < -0.3 is 15.0 Å². The van der Waals surface area contributed by atoms with E-state index >= 15 is 0 Å². The lowest BCUT2D eigenvalue weighted by Gasteiger charge is -2.11. The molecule has 0 aliphatic heterocycles. The molecular weight excluding hydrogens is 344 g/mol. The summed E-state index contributed by atoms with van der Waals surface area (Å²) >= 11 is 0. The van der Waals surface area contributed by atoms with Crippen molar-refractivity contribution in [1.82, 2.24) is 9.88 Å². The van der Waals surface area contributed by atoms with E-state index in [2.05, 4.69) is 12.2 Å². The Bertz CT molecular complexity index is 870. The van der Waals surface area contributed by atoms with Gasteiger partial charge in [-0.3, -0.25) is 14.4 Å². The second-order valence-corrected chi connectivity index (χ2v) is 6.84. The van der Waals surface area contributed by atoms with Crippen LogP contribution >= 0.6 is 0 Å². The van der Waals surface area contributed by atoms with Crippen molar-refractivity contribution >= 4 is 22.6 Å². The van der Waals surface area contributed by atoms with Crippen LogP contribution in [0.5, 0.6) is 5.75 Å². The van der Waals surface area contributed by atoms with Crippen LogP contribution in [-0.4, -0.2) is 27.9 Å². The molecule has 2 N–H and O–H groups in total. The zero-order chi connectivity index (χ0) is 19.8. The number of aromatic nitrogens is 1. The number of carbonyl (C=O) groups is 2. The van der Waals surface area contributed by atoms with Gasteiger partial charge in [-0.1, -0.05) is 51.2 Å². The molecule has 0 aliphatic rings. The lowest BCUT2D eigenvalue weighted by Crippen LogP contribution is -2.35. The fraction of sp³-hybridized carbons (Fsp3) is 0.476. The molecule has 2 rings (SSSR count). The number of carbonyl (C=O) groups excluding carboxylic acids is 2. The highest BCUT2D eigenvalue weighted by molar-refractivity contribution is 6.03. The van der Waals surface area contributed by atoms with Crippen LogP contribution < -0.4 is 10.9 Å². The van der Waals surface area contributed by atoms with E-state index < -0.39 is 11.5 Å². The fourth-order valence-corrected chi connectivity index (χ4v) is 3.14. The predicted octanol–water partition coefficient (Wildman–Crippen LogP) is 3.29. The number of amides is 1. The van der Waals surface area contributed by atoms with Crippen LogP contribution in [0.4, 0.5) is 0 Å². The molecule has 0 saturated heterocycles. The van der Waals surface area contributed by atoms with Crippen molar-refractivity contribution in [3.8, 4) is 5.75 Å². The maximum absolute atomic E-state index is 12.4. The van der Waals surface area contributed by atoms with Crippen molar-refractivity contribution < 1.29 is 14.7 Å². The lowest BCUT2D eigenvalue weighted by molar-refractivity contribution is -0.118. The number of aryl methyl sites for hydroxylation is 1.